The Morgan fingerprint density at radius 1 is 1.03 bits per heavy atom. The van der Waals surface area contributed by atoms with Crippen LogP contribution in [0.15, 0.2) is 42.5 Å². The molecule has 9 nitrogen and oxygen atoms in total. The van der Waals surface area contributed by atoms with Gasteiger partial charge in [0.05, 0.1) is 11.0 Å². The zero-order valence-electron chi connectivity index (χ0n) is 18.8. The minimum atomic E-state index is -0.863. The van der Waals surface area contributed by atoms with Crippen LogP contribution in [0.25, 0.3) is 0 Å². The zero-order valence-corrected chi connectivity index (χ0v) is 19.6. The minimum Gasteiger partial charge on any atom is -0.348 e. The van der Waals surface area contributed by atoms with Crippen molar-refractivity contribution in [3.63, 3.8) is 0 Å². The van der Waals surface area contributed by atoms with E-state index in [1.165, 1.54) is 12.1 Å². The van der Waals surface area contributed by atoms with Crippen molar-refractivity contribution in [3.8, 4) is 0 Å². The lowest BCUT2D eigenvalue weighted by Crippen LogP contribution is -2.50. The third-order valence-corrected chi connectivity index (χ3v) is 5.33. The van der Waals surface area contributed by atoms with Crippen molar-refractivity contribution in [2.45, 2.75) is 46.2 Å². The van der Waals surface area contributed by atoms with E-state index in [1.807, 2.05) is 0 Å². The first kappa shape index (κ1) is 25.8. The number of nitro groups is 1. The number of carbonyl (C=O) groups is 3. The van der Waals surface area contributed by atoms with Crippen molar-refractivity contribution in [3.05, 3.63) is 68.7 Å². The first-order chi connectivity index (χ1) is 15.5. The van der Waals surface area contributed by atoms with Crippen LogP contribution in [0.3, 0.4) is 0 Å². The highest BCUT2D eigenvalue weighted by Crippen LogP contribution is 2.25. The number of benzene rings is 2. The Bertz CT molecular complexity index is 1040. The predicted octanol–water partition coefficient (Wildman–Crippen LogP) is 4.23. The lowest BCUT2D eigenvalue weighted by Gasteiger charge is -2.24. The Labute approximate surface area is 197 Å². The van der Waals surface area contributed by atoms with Crippen LogP contribution in [0.5, 0.6) is 0 Å². The molecular formula is C23H27ClN4O5. The highest BCUT2D eigenvalue weighted by atomic mass is 35.5. The molecule has 2 unspecified atom stereocenters. The van der Waals surface area contributed by atoms with Crippen molar-refractivity contribution in [2.75, 3.05) is 5.32 Å². The maximum Gasteiger partial charge on any atom is 0.288 e. The molecule has 0 saturated heterocycles. The number of amides is 3. The predicted molar refractivity (Wildman–Crippen MR) is 126 cm³/mol. The highest BCUT2D eigenvalue weighted by molar-refractivity contribution is 6.32. The Hall–Kier alpha value is -3.46. The van der Waals surface area contributed by atoms with Crippen molar-refractivity contribution in [1.82, 2.24) is 10.6 Å². The van der Waals surface area contributed by atoms with Gasteiger partial charge in [-0.1, -0.05) is 44.5 Å². The summed E-state index contributed by atoms with van der Waals surface area (Å²) in [6.45, 7) is 7.13. The van der Waals surface area contributed by atoms with E-state index in [9.17, 15) is 24.5 Å². The summed E-state index contributed by atoms with van der Waals surface area (Å²) >= 11 is 5.80. The van der Waals surface area contributed by atoms with E-state index < -0.39 is 22.8 Å². The molecule has 3 N–H and O–H groups in total. The minimum absolute atomic E-state index is 0.0299. The number of halogens is 1. The van der Waals surface area contributed by atoms with E-state index in [1.54, 1.807) is 52.0 Å². The number of anilines is 1. The van der Waals surface area contributed by atoms with Crippen LogP contribution in [0.1, 0.15) is 56.1 Å². The molecule has 0 fully saturated rings. The zero-order chi connectivity index (χ0) is 24.7. The summed E-state index contributed by atoms with van der Waals surface area (Å²) in [4.78, 5) is 47.5. The SMILES string of the molecule is CCC(=O)Nc1ccc(C(C)NC(=O)C(NC(=O)c2ccc(Cl)c([N+](=O)[O-])c2)C(C)C)cc1. The van der Waals surface area contributed by atoms with Gasteiger partial charge >= 0.3 is 0 Å². The van der Waals surface area contributed by atoms with Crippen molar-refractivity contribution in [2.24, 2.45) is 5.92 Å². The second-order valence-electron chi connectivity index (χ2n) is 7.87. The maximum absolute atomic E-state index is 12.9. The molecule has 0 aliphatic rings. The molecule has 2 rings (SSSR count). The van der Waals surface area contributed by atoms with E-state index in [0.717, 1.165) is 11.6 Å². The second kappa shape index (κ2) is 11.4. The van der Waals surface area contributed by atoms with Crippen molar-refractivity contribution < 1.29 is 19.3 Å². The molecule has 0 spiro atoms. The third-order valence-electron chi connectivity index (χ3n) is 5.02. The Balaban J connectivity index is 2.09. The average molecular weight is 475 g/mol. The smallest absolute Gasteiger partial charge is 0.288 e. The quantitative estimate of drug-likeness (QED) is 0.370. The number of hydrogen-bond acceptors (Lipinski definition) is 5. The molecule has 0 heterocycles. The van der Waals surface area contributed by atoms with Gasteiger partial charge in [-0.15, -0.1) is 0 Å². The molecule has 176 valence electrons. The lowest BCUT2D eigenvalue weighted by molar-refractivity contribution is -0.384. The van der Waals surface area contributed by atoms with Crippen LogP contribution < -0.4 is 16.0 Å². The van der Waals surface area contributed by atoms with Gasteiger partial charge in [-0.05, 0) is 42.7 Å². The summed E-state index contributed by atoms with van der Waals surface area (Å²) in [5, 5.41) is 19.3. The van der Waals surface area contributed by atoms with Crippen LogP contribution in [-0.2, 0) is 9.59 Å². The average Bonchev–Trinajstić information content (AvgIpc) is 2.77. The van der Waals surface area contributed by atoms with E-state index in [-0.39, 0.29) is 34.1 Å². The highest BCUT2D eigenvalue weighted by Gasteiger charge is 2.27. The Kier molecular flexibility index (Phi) is 8.93. The molecule has 0 aromatic heterocycles. The van der Waals surface area contributed by atoms with Gasteiger partial charge in [0.25, 0.3) is 11.6 Å². The second-order valence-corrected chi connectivity index (χ2v) is 8.28. The van der Waals surface area contributed by atoms with E-state index >= 15 is 0 Å². The summed E-state index contributed by atoms with van der Waals surface area (Å²) in [6, 6.07) is 9.59. The molecule has 0 aliphatic carbocycles. The molecule has 10 heteroatoms. The van der Waals surface area contributed by atoms with Gasteiger partial charge in [-0.25, -0.2) is 0 Å². The Morgan fingerprint density at radius 2 is 1.67 bits per heavy atom. The molecule has 0 radical (unpaired) electrons. The number of nitro benzene ring substituents is 1. The summed E-state index contributed by atoms with van der Waals surface area (Å²) in [6.07, 6.45) is 0.375. The summed E-state index contributed by atoms with van der Waals surface area (Å²) < 4.78 is 0. The van der Waals surface area contributed by atoms with Gasteiger partial charge in [0.15, 0.2) is 0 Å². The fraction of sp³-hybridized carbons (Fsp3) is 0.348. The summed E-state index contributed by atoms with van der Waals surface area (Å²) in [7, 11) is 0. The molecule has 0 bridgehead atoms. The molecule has 33 heavy (non-hydrogen) atoms. The summed E-state index contributed by atoms with van der Waals surface area (Å²) in [5.41, 5.74) is 1.12. The Morgan fingerprint density at radius 3 is 2.21 bits per heavy atom. The third kappa shape index (κ3) is 7.01. The van der Waals surface area contributed by atoms with Crippen molar-refractivity contribution in [1.29, 1.82) is 0 Å². The van der Waals surface area contributed by atoms with Gasteiger partial charge in [0.2, 0.25) is 11.8 Å². The molecule has 3 amide bonds. The van der Waals surface area contributed by atoms with Gasteiger partial charge in [0, 0.05) is 23.7 Å². The number of carbonyl (C=O) groups excluding carboxylic acids is 3. The molecular weight excluding hydrogens is 448 g/mol. The first-order valence-corrected chi connectivity index (χ1v) is 10.9. The molecule has 2 aromatic carbocycles. The standard InChI is InChI=1S/C23H27ClN4O5/c1-5-20(29)26-17-9-6-15(7-10-17)14(4)25-23(31)21(13(2)3)27-22(30)16-8-11-18(24)19(12-16)28(32)33/h6-14,21H,5H2,1-4H3,(H,25,31)(H,26,29)(H,27,30). The molecule has 0 aliphatic heterocycles. The molecule has 0 saturated carbocycles. The maximum atomic E-state index is 12.9. The normalized spacial score (nSPS) is 12.5. The fourth-order valence-electron chi connectivity index (χ4n) is 3.04. The monoisotopic (exact) mass is 474 g/mol. The van der Waals surface area contributed by atoms with Crippen LogP contribution in [0.2, 0.25) is 5.02 Å². The van der Waals surface area contributed by atoms with Crippen molar-refractivity contribution >= 4 is 40.7 Å². The number of nitrogens with one attached hydrogen (secondary N) is 3. The molecule has 2 aromatic rings. The van der Waals surface area contributed by atoms with Gasteiger partial charge in [0.1, 0.15) is 11.1 Å². The van der Waals surface area contributed by atoms with E-state index in [0.29, 0.717) is 12.1 Å². The van der Waals surface area contributed by atoms with Gasteiger partial charge < -0.3 is 16.0 Å². The van der Waals surface area contributed by atoms with E-state index in [2.05, 4.69) is 16.0 Å². The largest absolute Gasteiger partial charge is 0.348 e. The van der Waals surface area contributed by atoms with Gasteiger partial charge in [-0.3, -0.25) is 24.5 Å². The topological polar surface area (TPSA) is 130 Å². The van der Waals surface area contributed by atoms with Crippen LogP contribution in [0, 0.1) is 16.0 Å². The molecule has 2 atom stereocenters. The van der Waals surface area contributed by atoms with Gasteiger partial charge in [-0.2, -0.15) is 0 Å². The van der Waals surface area contributed by atoms with Crippen LogP contribution >= 0.6 is 11.6 Å². The van der Waals surface area contributed by atoms with Crippen LogP contribution in [0.4, 0.5) is 11.4 Å². The van der Waals surface area contributed by atoms with Crippen LogP contribution in [-0.4, -0.2) is 28.7 Å². The summed E-state index contributed by atoms with van der Waals surface area (Å²) in [5.74, 6) is -1.34. The van der Waals surface area contributed by atoms with E-state index in [4.69, 9.17) is 11.6 Å². The number of rotatable bonds is 9. The fourth-order valence-corrected chi connectivity index (χ4v) is 3.23. The number of hydrogen-bond donors (Lipinski definition) is 3. The first-order valence-electron chi connectivity index (χ1n) is 10.5. The number of nitrogens with zero attached hydrogens (tertiary/aromatic N) is 1. The lowest BCUT2D eigenvalue weighted by atomic mass is 10.0.